The fraction of sp³-hybridized carbons (Fsp3) is 0.100. The first kappa shape index (κ1) is 7.98. The first-order valence-electron chi connectivity index (χ1n) is 3.69. The molecule has 0 unspecified atom stereocenters. The summed E-state index contributed by atoms with van der Waals surface area (Å²) < 4.78 is 1.17. The van der Waals surface area contributed by atoms with Crippen LogP contribution < -0.4 is 0 Å². The number of aromatic nitrogens is 1. The summed E-state index contributed by atoms with van der Waals surface area (Å²) in [5.41, 5.74) is 2.26. The van der Waals surface area contributed by atoms with Crippen molar-refractivity contribution in [3.8, 4) is 0 Å². The molecule has 1 aromatic heterocycles. The lowest BCUT2D eigenvalue weighted by Crippen LogP contribution is -1.83. The minimum Gasteiger partial charge on any atom is -0.255 e. The summed E-state index contributed by atoms with van der Waals surface area (Å²) in [4.78, 5) is 4.35. The van der Waals surface area contributed by atoms with Gasteiger partial charge in [0.2, 0.25) is 0 Å². The van der Waals surface area contributed by atoms with Crippen molar-refractivity contribution < 1.29 is 0 Å². The fourth-order valence-corrected chi connectivity index (χ4v) is 1.69. The second kappa shape index (κ2) is 3.01. The summed E-state index contributed by atoms with van der Waals surface area (Å²) in [6.07, 6.45) is 1.88. The maximum absolute atomic E-state index is 4.35. The van der Waals surface area contributed by atoms with Gasteiger partial charge in [-0.2, -0.15) is 0 Å². The molecule has 2 heteroatoms. The number of fused-ring (bicyclic) bond motifs is 1. The van der Waals surface area contributed by atoms with Gasteiger partial charge in [-0.05, 0) is 59.3 Å². The summed E-state index contributed by atoms with van der Waals surface area (Å²) in [6, 6.07) is 9.14. The van der Waals surface area contributed by atoms with Crippen LogP contribution >= 0.6 is 22.6 Å². The summed E-state index contributed by atoms with van der Waals surface area (Å²) >= 11 is 2.26. The molecule has 2 rings (SSSR count). The number of benzene rings is 1. The molecule has 12 heavy (non-hydrogen) atoms. The van der Waals surface area contributed by atoms with Crippen LogP contribution in [0.25, 0.3) is 10.9 Å². The first-order valence-corrected chi connectivity index (χ1v) is 4.77. The number of hydrogen-bond acceptors (Lipinski definition) is 1. The van der Waals surface area contributed by atoms with Crippen molar-refractivity contribution in [2.75, 3.05) is 0 Å². The number of pyridine rings is 1. The van der Waals surface area contributed by atoms with Gasteiger partial charge in [0.15, 0.2) is 0 Å². The van der Waals surface area contributed by atoms with E-state index < -0.39 is 0 Å². The van der Waals surface area contributed by atoms with Crippen molar-refractivity contribution in [2.45, 2.75) is 6.92 Å². The summed E-state index contributed by atoms with van der Waals surface area (Å²) in [6.45, 7) is 2.05. The Kier molecular flexibility index (Phi) is 2.00. The molecule has 2 aromatic rings. The average molecular weight is 268 g/mol. The van der Waals surface area contributed by atoms with Gasteiger partial charge in [0, 0.05) is 15.2 Å². The van der Waals surface area contributed by atoms with Crippen LogP contribution in [-0.4, -0.2) is 4.98 Å². The molecule has 0 spiro atoms. The van der Waals surface area contributed by atoms with E-state index in [1.54, 1.807) is 0 Å². The van der Waals surface area contributed by atoms with Crippen LogP contribution in [0.5, 0.6) is 0 Å². The standard InChI is InChI=1S/C10H7IN/c1-7-3-2-4-8-5-9(11)6-12-10(7)8/h3-6H,1H3. The third kappa shape index (κ3) is 1.31. The number of nitrogens with zero attached hydrogens (tertiary/aromatic N) is 1. The summed E-state index contributed by atoms with van der Waals surface area (Å²) in [7, 11) is 0. The zero-order chi connectivity index (χ0) is 8.55. The molecule has 0 aliphatic heterocycles. The highest BCUT2D eigenvalue weighted by molar-refractivity contribution is 14.1. The van der Waals surface area contributed by atoms with Crippen LogP contribution in [0.4, 0.5) is 0 Å². The molecule has 0 saturated carbocycles. The van der Waals surface area contributed by atoms with Gasteiger partial charge in [-0.25, -0.2) is 0 Å². The van der Waals surface area contributed by atoms with Crippen molar-refractivity contribution in [1.29, 1.82) is 0 Å². The third-order valence-electron chi connectivity index (χ3n) is 1.80. The van der Waals surface area contributed by atoms with Crippen LogP contribution in [0.15, 0.2) is 24.4 Å². The third-order valence-corrected chi connectivity index (χ3v) is 2.39. The van der Waals surface area contributed by atoms with Crippen molar-refractivity contribution in [3.05, 3.63) is 39.6 Å². The second-order valence-electron chi connectivity index (χ2n) is 2.73. The molecule has 0 aliphatic carbocycles. The Balaban J connectivity index is 2.86. The molecule has 0 amide bonds. The zero-order valence-electron chi connectivity index (χ0n) is 6.63. The molecule has 0 saturated heterocycles. The number of aryl methyl sites for hydroxylation is 1. The van der Waals surface area contributed by atoms with Crippen molar-refractivity contribution in [3.63, 3.8) is 0 Å². The van der Waals surface area contributed by atoms with Crippen molar-refractivity contribution >= 4 is 33.5 Å². The molecule has 0 fully saturated rings. The Hall–Kier alpha value is -0.640. The highest BCUT2D eigenvalue weighted by Gasteiger charge is 1.97. The zero-order valence-corrected chi connectivity index (χ0v) is 8.79. The molecule has 1 heterocycles. The van der Waals surface area contributed by atoms with Gasteiger partial charge in [-0.1, -0.05) is 0 Å². The molecule has 1 nitrogen and oxygen atoms in total. The van der Waals surface area contributed by atoms with Crippen LogP contribution in [0, 0.1) is 16.6 Å². The summed E-state index contributed by atoms with van der Waals surface area (Å²) in [5.74, 6) is 0. The van der Waals surface area contributed by atoms with Crippen LogP contribution in [0.3, 0.4) is 0 Å². The number of rotatable bonds is 0. The van der Waals surface area contributed by atoms with Gasteiger partial charge in [0.25, 0.3) is 0 Å². The Labute approximate surface area is 85.0 Å². The van der Waals surface area contributed by atoms with E-state index in [1.807, 2.05) is 18.3 Å². The minimum atomic E-state index is 1.08. The van der Waals surface area contributed by atoms with Gasteiger partial charge in [-0.3, -0.25) is 4.98 Å². The van der Waals surface area contributed by atoms with E-state index in [4.69, 9.17) is 0 Å². The summed E-state index contributed by atoms with van der Waals surface area (Å²) in [5, 5.41) is 1.17. The van der Waals surface area contributed by atoms with E-state index in [2.05, 4.69) is 46.6 Å². The minimum absolute atomic E-state index is 1.08. The van der Waals surface area contributed by atoms with E-state index in [-0.39, 0.29) is 0 Å². The van der Waals surface area contributed by atoms with Crippen LogP contribution in [0.2, 0.25) is 0 Å². The molecule has 0 aliphatic rings. The van der Waals surface area contributed by atoms with E-state index in [1.165, 1.54) is 14.5 Å². The van der Waals surface area contributed by atoms with Crippen molar-refractivity contribution in [1.82, 2.24) is 4.98 Å². The lowest BCUT2D eigenvalue weighted by atomic mass is 10.1. The average Bonchev–Trinajstić information content (AvgIpc) is 2.04. The largest absolute Gasteiger partial charge is 0.255 e. The van der Waals surface area contributed by atoms with E-state index >= 15 is 0 Å². The van der Waals surface area contributed by atoms with Crippen LogP contribution in [-0.2, 0) is 0 Å². The van der Waals surface area contributed by atoms with Gasteiger partial charge in [-0.15, -0.1) is 0 Å². The molecule has 0 N–H and O–H groups in total. The van der Waals surface area contributed by atoms with E-state index in [0.29, 0.717) is 0 Å². The smallest absolute Gasteiger partial charge is 0.0732 e. The topological polar surface area (TPSA) is 12.9 Å². The fourth-order valence-electron chi connectivity index (χ4n) is 1.22. The number of halogens is 1. The predicted octanol–water partition coefficient (Wildman–Crippen LogP) is 2.95. The molecule has 1 aromatic carbocycles. The van der Waals surface area contributed by atoms with E-state index in [9.17, 15) is 0 Å². The predicted molar refractivity (Wildman–Crippen MR) is 58.0 cm³/mol. The molecule has 59 valence electrons. The second-order valence-corrected chi connectivity index (χ2v) is 3.98. The molecule has 1 radical (unpaired) electrons. The maximum Gasteiger partial charge on any atom is 0.0732 e. The lowest BCUT2D eigenvalue weighted by molar-refractivity contribution is 1.35. The van der Waals surface area contributed by atoms with Gasteiger partial charge >= 0.3 is 0 Å². The lowest BCUT2D eigenvalue weighted by Gasteiger charge is -1.99. The Bertz CT molecular complexity index is 423. The first-order chi connectivity index (χ1) is 5.77. The SMILES string of the molecule is Cc1c[c]cc2cc(I)cnc12. The Morgan fingerprint density at radius 1 is 1.42 bits per heavy atom. The van der Waals surface area contributed by atoms with E-state index in [0.717, 1.165) is 5.52 Å². The maximum atomic E-state index is 4.35. The van der Waals surface area contributed by atoms with Gasteiger partial charge < -0.3 is 0 Å². The quantitative estimate of drug-likeness (QED) is 0.669. The molecule has 0 atom stereocenters. The molecular weight excluding hydrogens is 261 g/mol. The monoisotopic (exact) mass is 268 g/mol. The molecule has 0 bridgehead atoms. The van der Waals surface area contributed by atoms with Crippen LogP contribution in [0.1, 0.15) is 5.56 Å². The molecular formula is C10H7IN. The highest BCUT2D eigenvalue weighted by Crippen LogP contribution is 2.17. The van der Waals surface area contributed by atoms with Crippen molar-refractivity contribution in [2.24, 2.45) is 0 Å². The highest BCUT2D eigenvalue weighted by atomic mass is 127. The van der Waals surface area contributed by atoms with Gasteiger partial charge in [0.1, 0.15) is 0 Å². The number of hydrogen-bond donors (Lipinski definition) is 0. The normalized spacial score (nSPS) is 10.5. The van der Waals surface area contributed by atoms with Gasteiger partial charge in [0.05, 0.1) is 5.52 Å². The Morgan fingerprint density at radius 3 is 3.08 bits per heavy atom. The Morgan fingerprint density at radius 2 is 2.25 bits per heavy atom.